The summed E-state index contributed by atoms with van der Waals surface area (Å²) in [5, 5.41) is 4.56. The Bertz CT molecular complexity index is 683. The third kappa shape index (κ3) is 4.33. The average Bonchev–Trinajstić information content (AvgIpc) is 2.44. The number of nitrogens with zero attached hydrogens (tertiary/aromatic N) is 1. The minimum absolute atomic E-state index is 0.0273. The van der Waals surface area contributed by atoms with Gasteiger partial charge in [-0.15, -0.1) is 5.10 Å². The van der Waals surface area contributed by atoms with Crippen molar-refractivity contribution < 1.29 is 9.53 Å². The van der Waals surface area contributed by atoms with E-state index in [0.29, 0.717) is 10.8 Å². The van der Waals surface area contributed by atoms with Crippen molar-refractivity contribution in [1.82, 2.24) is 0 Å². The van der Waals surface area contributed by atoms with Gasteiger partial charge in [-0.2, -0.15) is 0 Å². The lowest BCUT2D eigenvalue weighted by Crippen LogP contribution is -2.19. The quantitative estimate of drug-likeness (QED) is 0.527. The van der Waals surface area contributed by atoms with E-state index in [4.69, 9.17) is 16.3 Å². The van der Waals surface area contributed by atoms with Crippen LogP contribution in [-0.4, -0.2) is 11.7 Å². The lowest BCUT2D eigenvalue weighted by Gasteiger charge is -2.08. The molecular formula is C16H15ClN2O2. The molecule has 1 N–H and O–H groups in total. The number of Topliss-reactive ketones (excluding diaryl/α,β-unsaturated/α-hetero) is 1. The molecule has 4 nitrogen and oxygen atoms in total. The van der Waals surface area contributed by atoms with Crippen molar-refractivity contribution in [1.29, 1.82) is 0 Å². The molecule has 0 aliphatic heterocycles. The SMILES string of the molecule is CC(=O)C(=NNc1ccccc1C)Oc1cccc(Cl)c1. The van der Waals surface area contributed by atoms with Gasteiger partial charge in [0.05, 0.1) is 5.69 Å². The Hall–Kier alpha value is -2.33. The fraction of sp³-hybridized carbons (Fsp3) is 0.125. The Labute approximate surface area is 128 Å². The second-order valence-electron chi connectivity index (χ2n) is 4.46. The summed E-state index contributed by atoms with van der Waals surface area (Å²) in [5.41, 5.74) is 4.67. The van der Waals surface area contributed by atoms with Crippen LogP contribution in [0.4, 0.5) is 5.69 Å². The van der Waals surface area contributed by atoms with Gasteiger partial charge in [0.1, 0.15) is 5.75 Å². The molecule has 2 aromatic rings. The van der Waals surface area contributed by atoms with Crippen LogP contribution in [0, 0.1) is 6.92 Å². The molecule has 0 amide bonds. The molecule has 0 fully saturated rings. The Kier molecular flexibility index (Phi) is 4.95. The van der Waals surface area contributed by atoms with E-state index in [1.54, 1.807) is 24.3 Å². The summed E-state index contributed by atoms with van der Waals surface area (Å²) in [6, 6.07) is 14.4. The molecule has 0 aromatic heterocycles. The summed E-state index contributed by atoms with van der Waals surface area (Å²) >= 11 is 5.88. The molecular weight excluding hydrogens is 288 g/mol. The first-order valence-corrected chi connectivity index (χ1v) is 6.78. The highest BCUT2D eigenvalue weighted by Gasteiger charge is 2.10. The molecule has 0 aliphatic carbocycles. The first-order chi connectivity index (χ1) is 10.1. The number of hydrazone groups is 1. The van der Waals surface area contributed by atoms with E-state index in [1.165, 1.54) is 6.92 Å². The number of para-hydroxylation sites is 1. The number of benzene rings is 2. The van der Waals surface area contributed by atoms with Gasteiger partial charge >= 0.3 is 0 Å². The lowest BCUT2D eigenvalue weighted by atomic mass is 10.2. The van der Waals surface area contributed by atoms with E-state index in [0.717, 1.165) is 11.3 Å². The van der Waals surface area contributed by atoms with Gasteiger partial charge < -0.3 is 4.74 Å². The van der Waals surface area contributed by atoms with Gasteiger partial charge in [0.2, 0.25) is 5.78 Å². The number of hydrogen-bond donors (Lipinski definition) is 1. The van der Waals surface area contributed by atoms with E-state index < -0.39 is 0 Å². The summed E-state index contributed by atoms with van der Waals surface area (Å²) < 4.78 is 5.47. The number of anilines is 1. The van der Waals surface area contributed by atoms with Crippen LogP contribution in [0.25, 0.3) is 0 Å². The van der Waals surface area contributed by atoms with Crippen molar-refractivity contribution in [3.05, 3.63) is 59.1 Å². The zero-order chi connectivity index (χ0) is 15.2. The molecule has 0 bridgehead atoms. The maximum absolute atomic E-state index is 11.6. The van der Waals surface area contributed by atoms with Crippen LogP contribution in [0.5, 0.6) is 5.75 Å². The van der Waals surface area contributed by atoms with Gasteiger partial charge in [0.25, 0.3) is 5.90 Å². The van der Waals surface area contributed by atoms with E-state index in [-0.39, 0.29) is 11.7 Å². The largest absolute Gasteiger partial charge is 0.435 e. The molecule has 0 aliphatic rings. The van der Waals surface area contributed by atoms with Crippen LogP contribution in [0.3, 0.4) is 0 Å². The number of carbonyl (C=O) groups excluding carboxylic acids is 1. The van der Waals surface area contributed by atoms with Crippen molar-refractivity contribution in [3.63, 3.8) is 0 Å². The molecule has 0 saturated heterocycles. The van der Waals surface area contributed by atoms with Crippen LogP contribution in [0.1, 0.15) is 12.5 Å². The van der Waals surface area contributed by atoms with E-state index in [1.807, 2.05) is 31.2 Å². The molecule has 5 heteroatoms. The van der Waals surface area contributed by atoms with Crippen molar-refractivity contribution in [2.75, 3.05) is 5.43 Å². The Balaban J connectivity index is 2.17. The number of aryl methyl sites for hydroxylation is 1. The number of halogens is 1. The summed E-state index contributed by atoms with van der Waals surface area (Å²) in [6.07, 6.45) is 0. The Morgan fingerprint density at radius 3 is 2.62 bits per heavy atom. The van der Waals surface area contributed by atoms with Crippen LogP contribution in [0.15, 0.2) is 53.6 Å². The zero-order valence-corrected chi connectivity index (χ0v) is 12.5. The van der Waals surface area contributed by atoms with Crippen LogP contribution in [-0.2, 0) is 4.79 Å². The zero-order valence-electron chi connectivity index (χ0n) is 11.8. The number of rotatable bonds is 4. The van der Waals surface area contributed by atoms with Gasteiger partial charge in [0.15, 0.2) is 0 Å². The predicted molar refractivity (Wildman–Crippen MR) is 85.0 cm³/mol. The number of ether oxygens (including phenoxy) is 1. The second-order valence-corrected chi connectivity index (χ2v) is 4.90. The van der Waals surface area contributed by atoms with Gasteiger partial charge in [0, 0.05) is 11.9 Å². The van der Waals surface area contributed by atoms with E-state index in [9.17, 15) is 4.79 Å². The highest BCUT2D eigenvalue weighted by molar-refractivity contribution is 6.36. The molecule has 21 heavy (non-hydrogen) atoms. The molecule has 2 rings (SSSR count). The predicted octanol–water partition coefficient (Wildman–Crippen LogP) is 4.04. The Morgan fingerprint density at radius 1 is 1.19 bits per heavy atom. The number of nitrogens with one attached hydrogen (secondary N) is 1. The molecule has 0 spiro atoms. The number of ketones is 1. The van der Waals surface area contributed by atoms with Crippen LogP contribution in [0.2, 0.25) is 5.02 Å². The number of hydrogen-bond acceptors (Lipinski definition) is 4. The molecule has 108 valence electrons. The Morgan fingerprint density at radius 2 is 1.95 bits per heavy atom. The fourth-order valence-electron chi connectivity index (χ4n) is 1.62. The maximum Gasteiger partial charge on any atom is 0.280 e. The second kappa shape index (κ2) is 6.90. The highest BCUT2D eigenvalue weighted by atomic mass is 35.5. The molecule has 0 saturated carbocycles. The standard InChI is InChI=1S/C16H15ClN2O2/c1-11-6-3-4-9-15(11)18-19-16(12(2)20)21-14-8-5-7-13(17)10-14/h3-10,18H,1-2H3. The normalized spacial score (nSPS) is 11.1. The molecule has 2 aromatic carbocycles. The van der Waals surface area contributed by atoms with Gasteiger partial charge in [-0.25, -0.2) is 0 Å². The van der Waals surface area contributed by atoms with Crippen LogP contribution < -0.4 is 10.2 Å². The third-order valence-electron chi connectivity index (χ3n) is 2.73. The first-order valence-electron chi connectivity index (χ1n) is 6.40. The highest BCUT2D eigenvalue weighted by Crippen LogP contribution is 2.18. The molecule has 0 unspecified atom stereocenters. The smallest absolute Gasteiger partial charge is 0.280 e. The van der Waals surface area contributed by atoms with Gasteiger partial charge in [-0.05, 0) is 36.8 Å². The minimum atomic E-state index is -0.281. The van der Waals surface area contributed by atoms with Gasteiger partial charge in [-0.3, -0.25) is 10.2 Å². The summed E-state index contributed by atoms with van der Waals surface area (Å²) in [5.74, 6) is 0.152. The number of carbonyl (C=O) groups is 1. The summed E-state index contributed by atoms with van der Waals surface area (Å²) in [7, 11) is 0. The summed E-state index contributed by atoms with van der Waals surface area (Å²) in [4.78, 5) is 11.6. The molecule has 0 heterocycles. The lowest BCUT2D eigenvalue weighted by molar-refractivity contribution is -0.111. The topological polar surface area (TPSA) is 50.7 Å². The first kappa shape index (κ1) is 15.1. The molecule has 0 radical (unpaired) electrons. The van der Waals surface area contributed by atoms with E-state index in [2.05, 4.69) is 10.5 Å². The van der Waals surface area contributed by atoms with Crippen molar-refractivity contribution in [2.45, 2.75) is 13.8 Å². The van der Waals surface area contributed by atoms with Crippen LogP contribution >= 0.6 is 11.6 Å². The average molecular weight is 303 g/mol. The summed E-state index contributed by atoms with van der Waals surface area (Å²) in [6.45, 7) is 3.34. The van der Waals surface area contributed by atoms with E-state index >= 15 is 0 Å². The maximum atomic E-state index is 11.6. The van der Waals surface area contributed by atoms with Gasteiger partial charge in [-0.1, -0.05) is 35.9 Å². The monoisotopic (exact) mass is 302 g/mol. The minimum Gasteiger partial charge on any atom is -0.435 e. The van der Waals surface area contributed by atoms with Crippen molar-refractivity contribution in [3.8, 4) is 5.75 Å². The fourth-order valence-corrected chi connectivity index (χ4v) is 1.81. The van der Waals surface area contributed by atoms with Crippen molar-refractivity contribution >= 4 is 29.0 Å². The van der Waals surface area contributed by atoms with Crippen molar-refractivity contribution in [2.24, 2.45) is 5.10 Å². The molecule has 0 atom stereocenters. The third-order valence-corrected chi connectivity index (χ3v) is 2.97.